The molecule has 8 heteroatoms. The number of rotatable bonds is 3. The molecule has 0 atom stereocenters. The van der Waals surface area contributed by atoms with Gasteiger partial charge in [-0.1, -0.05) is 22.9 Å². The number of hydrogen-bond acceptors (Lipinski definition) is 5. The number of hydrogen-bond donors (Lipinski definition) is 1. The molecule has 0 bridgehead atoms. The molecule has 0 saturated heterocycles. The van der Waals surface area contributed by atoms with Crippen LogP contribution in [-0.2, 0) is 0 Å². The highest BCUT2D eigenvalue weighted by Crippen LogP contribution is 2.21. The van der Waals surface area contributed by atoms with Crippen LogP contribution < -0.4 is 0 Å². The van der Waals surface area contributed by atoms with Gasteiger partial charge in [-0.25, -0.2) is 9.78 Å². The van der Waals surface area contributed by atoms with Crippen LogP contribution in [0.5, 0.6) is 0 Å². The third-order valence-corrected chi connectivity index (χ3v) is 3.60. The van der Waals surface area contributed by atoms with Crippen LogP contribution in [0.4, 0.5) is 0 Å². The predicted octanol–water partition coefficient (Wildman–Crippen LogP) is 3.05. The van der Waals surface area contributed by atoms with Crippen LogP contribution in [-0.4, -0.2) is 35.6 Å². The second-order valence-electron chi connectivity index (χ2n) is 5.48. The summed E-state index contributed by atoms with van der Waals surface area (Å²) in [5, 5.41) is 19.9. The first kappa shape index (κ1) is 15.3. The van der Waals surface area contributed by atoms with Gasteiger partial charge < -0.3 is 0 Å². The van der Waals surface area contributed by atoms with Crippen LogP contribution in [0.1, 0.15) is 25.1 Å². The molecule has 0 saturated carbocycles. The number of nitrogens with zero attached hydrogens (tertiary/aromatic N) is 6. The number of aromatic nitrogens is 6. The topological polar surface area (TPSA) is 76.7 Å². The molecular weight excluding hydrogens is 310 g/mol. The minimum Gasteiger partial charge on any atom is -0.250 e. The molecule has 0 amide bonds. The molecule has 0 radical (unpaired) electrons. The van der Waals surface area contributed by atoms with E-state index in [-0.39, 0.29) is 0 Å². The zero-order valence-electron chi connectivity index (χ0n) is 13.4. The van der Waals surface area contributed by atoms with E-state index in [4.69, 9.17) is 12.2 Å². The van der Waals surface area contributed by atoms with Gasteiger partial charge in [0.15, 0.2) is 5.69 Å². The zero-order chi connectivity index (χ0) is 16.6. The second-order valence-corrected chi connectivity index (χ2v) is 5.87. The summed E-state index contributed by atoms with van der Waals surface area (Å²) in [6, 6.07) is 8.09. The molecule has 7 nitrogen and oxygen atoms in total. The third kappa shape index (κ3) is 2.85. The molecule has 23 heavy (non-hydrogen) atoms. The molecule has 0 aliphatic heterocycles. The van der Waals surface area contributed by atoms with E-state index in [1.807, 2.05) is 52.0 Å². The minimum atomic E-state index is 0.422. The lowest BCUT2D eigenvalue weighted by molar-refractivity contribution is 0.784. The molecule has 3 rings (SSSR count). The molecule has 3 aromatic rings. The SMILES string of the molecule is CC(C)=Nn1c(-c2nnn(-c3ccc(C)cc3)c2C)n[nH]c1=S. The van der Waals surface area contributed by atoms with E-state index in [2.05, 4.69) is 25.6 Å². The van der Waals surface area contributed by atoms with Gasteiger partial charge in [0.2, 0.25) is 10.6 Å². The first-order valence-corrected chi connectivity index (χ1v) is 7.57. The Labute approximate surface area is 138 Å². The van der Waals surface area contributed by atoms with E-state index in [9.17, 15) is 0 Å². The largest absolute Gasteiger partial charge is 0.250 e. The van der Waals surface area contributed by atoms with Crippen molar-refractivity contribution in [3.05, 3.63) is 40.3 Å². The number of H-pyrrole nitrogens is 1. The van der Waals surface area contributed by atoms with Crippen LogP contribution in [0.25, 0.3) is 17.2 Å². The van der Waals surface area contributed by atoms with Gasteiger partial charge in [-0.2, -0.15) is 14.9 Å². The van der Waals surface area contributed by atoms with Gasteiger partial charge in [0.1, 0.15) is 0 Å². The molecule has 0 unspecified atom stereocenters. The fourth-order valence-electron chi connectivity index (χ4n) is 2.20. The summed E-state index contributed by atoms with van der Waals surface area (Å²) in [5.41, 5.74) is 4.52. The second kappa shape index (κ2) is 5.88. The van der Waals surface area contributed by atoms with Crippen molar-refractivity contribution in [3.8, 4) is 17.2 Å². The van der Waals surface area contributed by atoms with Crippen molar-refractivity contribution >= 4 is 17.9 Å². The Hall–Kier alpha value is -2.61. The maximum absolute atomic E-state index is 5.23. The van der Waals surface area contributed by atoms with Crippen LogP contribution >= 0.6 is 12.2 Å². The lowest BCUT2D eigenvalue weighted by atomic mass is 10.2. The molecule has 2 heterocycles. The number of aromatic amines is 1. The Morgan fingerprint density at radius 1 is 1.17 bits per heavy atom. The Balaban J connectivity index is 2.12. The normalized spacial score (nSPS) is 10.8. The van der Waals surface area contributed by atoms with Gasteiger partial charge in [0.05, 0.1) is 11.4 Å². The first-order valence-electron chi connectivity index (χ1n) is 7.16. The van der Waals surface area contributed by atoms with Gasteiger partial charge in [0, 0.05) is 5.71 Å². The molecule has 0 fully saturated rings. The quantitative estimate of drug-likeness (QED) is 0.592. The third-order valence-electron chi connectivity index (χ3n) is 3.34. The first-order chi connectivity index (χ1) is 11.0. The summed E-state index contributed by atoms with van der Waals surface area (Å²) in [7, 11) is 0. The van der Waals surface area contributed by atoms with E-state index < -0.39 is 0 Å². The monoisotopic (exact) mass is 327 g/mol. The van der Waals surface area contributed by atoms with Gasteiger partial charge >= 0.3 is 0 Å². The summed E-state index contributed by atoms with van der Waals surface area (Å²) in [6.45, 7) is 7.79. The summed E-state index contributed by atoms with van der Waals surface area (Å²) < 4.78 is 3.77. The van der Waals surface area contributed by atoms with Gasteiger partial charge in [-0.15, -0.1) is 5.10 Å². The van der Waals surface area contributed by atoms with Crippen molar-refractivity contribution in [2.24, 2.45) is 5.10 Å². The molecule has 118 valence electrons. The Kier molecular flexibility index (Phi) is 3.91. The molecule has 1 N–H and O–H groups in total. The van der Waals surface area contributed by atoms with Crippen molar-refractivity contribution in [1.82, 2.24) is 29.9 Å². The van der Waals surface area contributed by atoms with Crippen molar-refractivity contribution in [2.45, 2.75) is 27.7 Å². The van der Waals surface area contributed by atoms with Crippen LogP contribution in [0, 0.1) is 18.6 Å². The molecule has 0 spiro atoms. The van der Waals surface area contributed by atoms with Crippen molar-refractivity contribution in [2.75, 3.05) is 0 Å². The van der Waals surface area contributed by atoms with E-state index in [1.54, 1.807) is 9.36 Å². The average molecular weight is 327 g/mol. The highest BCUT2D eigenvalue weighted by atomic mass is 32.1. The fourth-order valence-corrected chi connectivity index (χ4v) is 2.38. The average Bonchev–Trinajstić information content (AvgIpc) is 3.04. The molecule has 2 aromatic heterocycles. The fraction of sp³-hybridized carbons (Fsp3) is 0.267. The summed E-state index contributed by atoms with van der Waals surface area (Å²) in [6.07, 6.45) is 0. The zero-order valence-corrected chi connectivity index (χ0v) is 14.2. The van der Waals surface area contributed by atoms with Gasteiger partial charge in [-0.05, 0) is 52.0 Å². The van der Waals surface area contributed by atoms with Gasteiger partial charge in [0.25, 0.3) is 0 Å². The minimum absolute atomic E-state index is 0.422. The highest BCUT2D eigenvalue weighted by molar-refractivity contribution is 7.71. The van der Waals surface area contributed by atoms with Crippen molar-refractivity contribution < 1.29 is 0 Å². The molecule has 1 aromatic carbocycles. The van der Waals surface area contributed by atoms with Crippen LogP contribution in [0.3, 0.4) is 0 Å². The van der Waals surface area contributed by atoms with E-state index in [1.165, 1.54) is 5.56 Å². The smallest absolute Gasteiger partial charge is 0.216 e. The molecular formula is C15H17N7S. The summed E-state index contributed by atoms with van der Waals surface area (Å²) in [5.74, 6) is 0.548. The maximum Gasteiger partial charge on any atom is 0.216 e. The Morgan fingerprint density at radius 2 is 1.87 bits per heavy atom. The predicted molar refractivity (Wildman–Crippen MR) is 91.4 cm³/mol. The van der Waals surface area contributed by atoms with Crippen molar-refractivity contribution in [3.63, 3.8) is 0 Å². The maximum atomic E-state index is 5.23. The number of nitrogens with one attached hydrogen (secondary N) is 1. The summed E-state index contributed by atoms with van der Waals surface area (Å²) >= 11 is 5.23. The molecule has 0 aliphatic rings. The number of aryl methyl sites for hydroxylation is 1. The Bertz CT molecular complexity index is 924. The van der Waals surface area contributed by atoms with Crippen molar-refractivity contribution in [1.29, 1.82) is 0 Å². The standard InChI is InChI=1S/C15H17N7S/c1-9(2)19-22-14(17-18-15(22)23)13-11(4)21(20-16-13)12-7-5-10(3)6-8-12/h5-8H,1-4H3,(H,18,23). The van der Waals surface area contributed by atoms with Crippen LogP contribution in [0.15, 0.2) is 29.4 Å². The van der Waals surface area contributed by atoms with E-state index in [0.717, 1.165) is 17.1 Å². The van der Waals surface area contributed by atoms with E-state index >= 15 is 0 Å². The van der Waals surface area contributed by atoms with Crippen LogP contribution in [0.2, 0.25) is 0 Å². The Morgan fingerprint density at radius 3 is 2.52 bits per heavy atom. The van der Waals surface area contributed by atoms with E-state index in [0.29, 0.717) is 16.3 Å². The number of benzene rings is 1. The highest BCUT2D eigenvalue weighted by Gasteiger charge is 2.18. The summed E-state index contributed by atoms with van der Waals surface area (Å²) in [4.78, 5) is 0. The lowest BCUT2D eigenvalue weighted by Crippen LogP contribution is -2.00. The lowest BCUT2D eigenvalue weighted by Gasteiger charge is -2.04. The van der Waals surface area contributed by atoms with Gasteiger partial charge in [-0.3, -0.25) is 0 Å². The molecule has 0 aliphatic carbocycles.